The number of amidine groups is 1. The summed E-state index contributed by atoms with van der Waals surface area (Å²) in [6.45, 7) is 2.47. The summed E-state index contributed by atoms with van der Waals surface area (Å²) >= 11 is 0. The topological polar surface area (TPSA) is 70.2 Å². The second kappa shape index (κ2) is 4.77. The molecule has 0 aliphatic carbocycles. The van der Waals surface area contributed by atoms with Crippen molar-refractivity contribution in [3.8, 4) is 0 Å². The predicted octanol–water partition coefficient (Wildman–Crippen LogP) is 2.51. The molecule has 1 fully saturated rings. The number of hydrogen-bond acceptors (Lipinski definition) is 5. The Balaban J connectivity index is 1.67. The van der Waals surface area contributed by atoms with Gasteiger partial charge in [-0.15, -0.1) is 0 Å². The Hall–Kier alpha value is -2.99. The zero-order chi connectivity index (χ0) is 17.2. The Morgan fingerprint density at radius 2 is 2.08 bits per heavy atom. The molecule has 124 valence electrons. The van der Waals surface area contributed by atoms with E-state index in [1.165, 1.54) is 0 Å². The molecule has 2 aliphatic rings. The van der Waals surface area contributed by atoms with Gasteiger partial charge in [0.1, 0.15) is 5.84 Å². The minimum atomic E-state index is -1.55. The summed E-state index contributed by atoms with van der Waals surface area (Å²) in [7, 11) is 0. The summed E-state index contributed by atoms with van der Waals surface area (Å²) in [5, 5.41) is 15.3. The van der Waals surface area contributed by atoms with Gasteiger partial charge in [-0.05, 0) is 37.3 Å². The summed E-state index contributed by atoms with van der Waals surface area (Å²) in [4.78, 5) is 19.5. The fourth-order valence-electron chi connectivity index (χ4n) is 3.68. The molecular weight excluding hydrogens is 316 g/mol. The van der Waals surface area contributed by atoms with Gasteiger partial charge in [-0.2, -0.15) is 5.10 Å². The molecule has 0 bridgehead atoms. The average molecular weight is 332 g/mol. The molecule has 4 heterocycles. The van der Waals surface area contributed by atoms with Gasteiger partial charge in [0.15, 0.2) is 5.60 Å². The summed E-state index contributed by atoms with van der Waals surface area (Å²) in [6, 6.07) is 11.4. The number of anilines is 1. The molecule has 2 aliphatic heterocycles. The number of aromatic nitrogens is 2. The summed E-state index contributed by atoms with van der Waals surface area (Å²) in [5.74, 6) is 0.154. The summed E-state index contributed by atoms with van der Waals surface area (Å²) < 4.78 is 1.78. The lowest BCUT2D eigenvalue weighted by atomic mass is 9.87. The van der Waals surface area contributed by atoms with Crippen LogP contribution in [0.5, 0.6) is 0 Å². The number of rotatable bonds is 1. The summed E-state index contributed by atoms with van der Waals surface area (Å²) in [6.07, 6.45) is 3.94. The highest BCUT2D eigenvalue weighted by molar-refractivity contribution is 6.28. The highest BCUT2D eigenvalue weighted by Crippen LogP contribution is 2.39. The van der Waals surface area contributed by atoms with E-state index in [4.69, 9.17) is 0 Å². The first-order chi connectivity index (χ1) is 12.1. The molecule has 0 spiro atoms. The van der Waals surface area contributed by atoms with E-state index in [0.29, 0.717) is 30.1 Å². The molecule has 1 atom stereocenters. The third-order valence-corrected chi connectivity index (χ3v) is 5.02. The monoisotopic (exact) mass is 332 g/mol. The SMILES string of the molecule is Cc1ccc2c(c1)C(=O)[C@]1(O)CCN(c3ccn4nccc4c3)C1=N2. The lowest BCUT2D eigenvalue weighted by molar-refractivity contribution is 0.0602. The van der Waals surface area contributed by atoms with Gasteiger partial charge in [-0.3, -0.25) is 4.79 Å². The number of aryl methyl sites for hydroxylation is 1. The van der Waals surface area contributed by atoms with Gasteiger partial charge in [0.05, 0.1) is 11.2 Å². The van der Waals surface area contributed by atoms with Crippen LogP contribution in [-0.4, -0.2) is 38.5 Å². The van der Waals surface area contributed by atoms with Crippen LogP contribution in [0.3, 0.4) is 0 Å². The third-order valence-electron chi connectivity index (χ3n) is 5.02. The van der Waals surface area contributed by atoms with Gasteiger partial charge < -0.3 is 10.0 Å². The third kappa shape index (κ3) is 1.91. The maximum Gasteiger partial charge on any atom is 0.204 e. The van der Waals surface area contributed by atoms with Crippen LogP contribution >= 0.6 is 0 Å². The number of carbonyl (C=O) groups excluding carboxylic acids is 1. The van der Waals surface area contributed by atoms with Gasteiger partial charge in [0.2, 0.25) is 5.78 Å². The molecule has 0 saturated carbocycles. The van der Waals surface area contributed by atoms with Crippen LogP contribution in [0.25, 0.3) is 5.52 Å². The normalized spacial score (nSPS) is 22.1. The average Bonchev–Trinajstić information content (AvgIpc) is 3.20. The van der Waals surface area contributed by atoms with E-state index < -0.39 is 5.60 Å². The fourth-order valence-corrected chi connectivity index (χ4v) is 3.68. The lowest BCUT2D eigenvalue weighted by Crippen LogP contribution is -2.48. The van der Waals surface area contributed by atoms with E-state index in [9.17, 15) is 9.90 Å². The Bertz CT molecular complexity index is 1070. The number of benzene rings is 1. The number of aliphatic imine (C=N–C) groups is 1. The fraction of sp³-hybridized carbons (Fsp3) is 0.211. The van der Waals surface area contributed by atoms with Crippen molar-refractivity contribution in [2.24, 2.45) is 4.99 Å². The quantitative estimate of drug-likeness (QED) is 0.743. The molecule has 0 unspecified atom stereocenters. The van der Waals surface area contributed by atoms with Crippen molar-refractivity contribution in [2.45, 2.75) is 18.9 Å². The van der Waals surface area contributed by atoms with Crippen LogP contribution < -0.4 is 4.90 Å². The van der Waals surface area contributed by atoms with Crippen molar-refractivity contribution < 1.29 is 9.90 Å². The molecule has 5 rings (SSSR count). The Kier molecular flexibility index (Phi) is 2.74. The second-order valence-corrected chi connectivity index (χ2v) is 6.63. The molecule has 3 aromatic rings. The Labute approximate surface area is 144 Å². The van der Waals surface area contributed by atoms with Gasteiger partial charge in [-0.25, -0.2) is 9.51 Å². The van der Waals surface area contributed by atoms with Crippen LogP contribution in [0.15, 0.2) is 53.8 Å². The number of ketones is 1. The molecule has 1 N–H and O–H groups in total. The molecule has 25 heavy (non-hydrogen) atoms. The second-order valence-electron chi connectivity index (χ2n) is 6.63. The number of hydrogen-bond donors (Lipinski definition) is 1. The van der Waals surface area contributed by atoms with Crippen LogP contribution in [0, 0.1) is 6.92 Å². The predicted molar refractivity (Wildman–Crippen MR) is 94.7 cm³/mol. The lowest BCUT2D eigenvalue weighted by Gasteiger charge is -2.29. The Morgan fingerprint density at radius 3 is 2.96 bits per heavy atom. The van der Waals surface area contributed by atoms with Gasteiger partial charge in [0, 0.05) is 36.6 Å². The highest BCUT2D eigenvalue weighted by Gasteiger charge is 2.52. The first-order valence-electron chi connectivity index (χ1n) is 8.24. The van der Waals surface area contributed by atoms with Crippen LogP contribution in [-0.2, 0) is 0 Å². The number of aliphatic hydroxyl groups is 1. The van der Waals surface area contributed by atoms with E-state index in [1.54, 1.807) is 16.8 Å². The summed E-state index contributed by atoms with van der Waals surface area (Å²) in [5.41, 5.74) is 2.40. The standard InChI is InChI=1S/C19H16N4O2/c1-12-2-3-16-15(10-12)17(24)19(25)6-9-22(18(19)21-16)13-5-8-23-14(11-13)4-7-20-23/h2-5,7-8,10-11,25H,6,9H2,1H3/t19-/m1/s1. The van der Waals surface area contributed by atoms with Crippen molar-refractivity contribution >= 4 is 28.5 Å². The minimum absolute atomic E-state index is 0.260. The van der Waals surface area contributed by atoms with Crippen molar-refractivity contribution in [3.05, 3.63) is 59.9 Å². The first kappa shape index (κ1) is 14.4. The van der Waals surface area contributed by atoms with E-state index in [1.807, 2.05) is 48.4 Å². The molecule has 1 aromatic carbocycles. The number of fused-ring (bicyclic) bond motifs is 3. The molecule has 2 aromatic heterocycles. The molecule has 1 saturated heterocycles. The van der Waals surface area contributed by atoms with E-state index in [-0.39, 0.29) is 5.78 Å². The maximum atomic E-state index is 12.9. The van der Waals surface area contributed by atoms with Crippen LogP contribution in [0.4, 0.5) is 11.4 Å². The molecule has 6 nitrogen and oxygen atoms in total. The van der Waals surface area contributed by atoms with Crippen molar-refractivity contribution in [2.75, 3.05) is 11.4 Å². The van der Waals surface area contributed by atoms with Gasteiger partial charge in [-0.1, -0.05) is 11.6 Å². The first-order valence-corrected chi connectivity index (χ1v) is 8.24. The van der Waals surface area contributed by atoms with Crippen molar-refractivity contribution in [3.63, 3.8) is 0 Å². The van der Waals surface area contributed by atoms with E-state index >= 15 is 0 Å². The number of Topliss-reactive ketones (excluding diaryl/α,β-unsaturated/α-hetero) is 1. The molecule has 6 heteroatoms. The van der Waals surface area contributed by atoms with Crippen LogP contribution in [0.1, 0.15) is 22.3 Å². The Morgan fingerprint density at radius 1 is 1.20 bits per heavy atom. The smallest absolute Gasteiger partial charge is 0.204 e. The van der Waals surface area contributed by atoms with Gasteiger partial charge in [0.25, 0.3) is 0 Å². The maximum absolute atomic E-state index is 12.9. The van der Waals surface area contributed by atoms with Gasteiger partial charge >= 0.3 is 0 Å². The van der Waals surface area contributed by atoms with E-state index in [0.717, 1.165) is 16.8 Å². The zero-order valence-electron chi connectivity index (χ0n) is 13.7. The number of nitrogens with zero attached hydrogens (tertiary/aromatic N) is 4. The number of carbonyl (C=O) groups is 1. The van der Waals surface area contributed by atoms with Crippen molar-refractivity contribution in [1.29, 1.82) is 0 Å². The molecule has 0 radical (unpaired) electrons. The number of pyridine rings is 1. The zero-order valence-corrected chi connectivity index (χ0v) is 13.7. The van der Waals surface area contributed by atoms with E-state index in [2.05, 4.69) is 10.1 Å². The molecular formula is C19H16N4O2. The highest BCUT2D eigenvalue weighted by atomic mass is 16.3. The van der Waals surface area contributed by atoms with Crippen LogP contribution in [0.2, 0.25) is 0 Å². The minimum Gasteiger partial charge on any atom is -0.374 e. The largest absolute Gasteiger partial charge is 0.374 e. The molecule has 0 amide bonds. The van der Waals surface area contributed by atoms with Crippen molar-refractivity contribution in [1.82, 2.24) is 9.61 Å².